The number of fused-ring (bicyclic) bond motifs is 2. The fourth-order valence-corrected chi connectivity index (χ4v) is 10.2. The Bertz CT molecular complexity index is 2910. The number of carbonyl (C=O) groups is 2. The molecular weight excluding hydrogens is 993 g/mol. The van der Waals surface area contributed by atoms with E-state index < -0.39 is 158 Å². The van der Waals surface area contributed by atoms with Crippen LogP contribution in [0.25, 0.3) is 11.1 Å². The van der Waals surface area contributed by atoms with E-state index in [4.69, 9.17) is 11.7 Å². The highest BCUT2D eigenvalue weighted by Crippen LogP contribution is 2.53. The minimum Gasteiger partial charge on any atom is -0.405 e. The van der Waals surface area contributed by atoms with Gasteiger partial charge in [-0.2, -0.15) is 53.4 Å². The van der Waals surface area contributed by atoms with Gasteiger partial charge in [0.15, 0.2) is 9.49 Å². The van der Waals surface area contributed by atoms with Crippen molar-refractivity contribution >= 4 is 54.9 Å². The number of alkyl halides is 12. The molecule has 0 bridgehead atoms. The van der Waals surface area contributed by atoms with E-state index in [-0.39, 0.29) is 0 Å². The quantitative estimate of drug-likeness (QED) is 0.0660. The highest BCUT2D eigenvalue weighted by atomic mass is 32.2. The minimum absolute atomic E-state index is 0.356. The van der Waals surface area contributed by atoms with Gasteiger partial charge in [0.05, 0.1) is 22.8 Å². The molecule has 6 N–H and O–H groups in total. The highest BCUT2D eigenvalue weighted by Gasteiger charge is 2.57. The molecule has 362 valence electrons. The molecule has 4 aromatic rings. The Morgan fingerprint density at radius 3 is 1.13 bits per heavy atom. The number of carbonyl (C=O) groups excluding carboxylic acids is 2. The highest BCUT2D eigenvalue weighted by molar-refractivity contribution is 7.87. The summed E-state index contributed by atoms with van der Waals surface area (Å²) in [5, 5.41) is 6.41. The zero-order chi connectivity index (χ0) is 50.8. The molecule has 0 saturated heterocycles. The molecule has 0 heterocycles. The number of ether oxygens (including phenoxy) is 2. The van der Waals surface area contributed by atoms with Crippen LogP contribution >= 0.6 is 0 Å². The first-order valence-electron chi connectivity index (χ1n) is 18.1. The fraction of sp³-hybridized carbons (Fsp3) is 0.211. The van der Waals surface area contributed by atoms with Gasteiger partial charge >= 0.3 is 36.9 Å². The molecule has 4 aromatic carbocycles. The van der Waals surface area contributed by atoms with Crippen molar-refractivity contribution < 1.29 is 97.7 Å². The van der Waals surface area contributed by atoms with Gasteiger partial charge in [-0.15, -0.1) is 26.3 Å². The van der Waals surface area contributed by atoms with Crippen LogP contribution in [0.2, 0.25) is 0 Å². The molecule has 0 spiro atoms. The normalized spacial score (nSPS) is 21.7. The smallest absolute Gasteiger partial charge is 0.405 e. The van der Waals surface area contributed by atoms with E-state index in [0.29, 0.717) is 24.3 Å². The Morgan fingerprint density at radius 2 is 0.853 bits per heavy atom. The topological polar surface area (TPSA) is 263 Å². The van der Waals surface area contributed by atoms with E-state index in [1.807, 2.05) is 0 Å². The SMILES string of the molecule is NN=C1CC(c2ccc(-c3ccc(C4(S(=O)(=O)O)CC(=NN)C(=NC(=O)C(F)(F)F)c5ccccc54)c(OC(F)(F)F)c3)cc2OC(F)(F)F)(S(=O)(=O)O)c2ccccc2C1=NC(=O)C(F)(F)F. The van der Waals surface area contributed by atoms with Gasteiger partial charge in [0, 0.05) is 35.1 Å². The lowest BCUT2D eigenvalue weighted by Crippen LogP contribution is -2.47. The second-order valence-electron chi connectivity index (χ2n) is 14.2. The molecule has 0 aromatic heterocycles. The molecule has 6 rings (SSSR count). The lowest BCUT2D eigenvalue weighted by molar-refractivity contribution is -0.276. The number of hydrogen-bond acceptors (Lipinski definition) is 12. The molecule has 2 amide bonds. The maximum absolute atomic E-state index is 14.2. The third kappa shape index (κ3) is 9.21. The fourth-order valence-electron chi connectivity index (χ4n) is 7.73. The van der Waals surface area contributed by atoms with Crippen LogP contribution in [0.1, 0.15) is 46.2 Å². The van der Waals surface area contributed by atoms with E-state index in [9.17, 15) is 88.2 Å². The second kappa shape index (κ2) is 17.0. The third-order valence-electron chi connectivity index (χ3n) is 10.3. The van der Waals surface area contributed by atoms with Crippen molar-refractivity contribution in [2.45, 2.75) is 47.4 Å². The van der Waals surface area contributed by atoms with E-state index in [1.54, 1.807) is 0 Å². The Labute approximate surface area is 372 Å². The average molecular weight is 1020 g/mol. The standard InChI is InChI=1S/C38H24F12N6O10S2/c39-35(40,41)31(57)53-29-19-5-1-3-7-21(19)33(67(59,60)61,15-25(29)55-51)23-11-9-17(13-27(23)65-37(45,46)47)18-10-12-24(28(14-18)66-38(48,49)50)34(68(62,63)64)16-26(56-52)30(54-32(58)36(42,43)44)20-6-2-4-8-22(20)34/h1-14H,15-16,51-52H2,(H,59,60,61)(H,62,63,64). The Kier molecular flexibility index (Phi) is 12.6. The number of aliphatic imine (C=N–C) groups is 2. The molecule has 0 aliphatic heterocycles. The van der Waals surface area contributed by atoms with Crippen LogP contribution in [-0.2, 0) is 39.3 Å². The van der Waals surface area contributed by atoms with Crippen molar-refractivity contribution in [2.24, 2.45) is 31.9 Å². The number of hydrazone groups is 2. The van der Waals surface area contributed by atoms with Crippen molar-refractivity contribution in [1.82, 2.24) is 0 Å². The van der Waals surface area contributed by atoms with Crippen LogP contribution in [0.4, 0.5) is 52.7 Å². The summed E-state index contributed by atoms with van der Waals surface area (Å²) in [4.78, 5) is 29.8. The molecule has 30 heteroatoms. The van der Waals surface area contributed by atoms with Gasteiger partial charge in [0.2, 0.25) is 0 Å². The average Bonchev–Trinajstić information content (AvgIpc) is 3.21. The zero-order valence-corrected chi connectivity index (χ0v) is 34.6. The number of hydrogen-bond donors (Lipinski definition) is 4. The zero-order valence-electron chi connectivity index (χ0n) is 33.0. The van der Waals surface area contributed by atoms with Crippen LogP contribution in [0.15, 0.2) is 105 Å². The van der Waals surface area contributed by atoms with Gasteiger partial charge in [-0.3, -0.25) is 18.7 Å². The molecule has 0 saturated carbocycles. The minimum atomic E-state index is -5.92. The molecule has 0 fully saturated rings. The van der Waals surface area contributed by atoms with E-state index >= 15 is 0 Å². The Morgan fingerprint density at radius 1 is 0.529 bits per heavy atom. The predicted molar refractivity (Wildman–Crippen MR) is 210 cm³/mol. The molecule has 0 radical (unpaired) electrons. The molecule has 2 aliphatic rings. The monoisotopic (exact) mass is 1020 g/mol. The van der Waals surface area contributed by atoms with Crippen LogP contribution in [0.5, 0.6) is 11.5 Å². The number of benzene rings is 4. The molecule has 16 nitrogen and oxygen atoms in total. The molecule has 2 unspecified atom stereocenters. The molecular formula is C38H24F12N6O10S2. The van der Waals surface area contributed by atoms with E-state index in [0.717, 1.165) is 60.7 Å². The van der Waals surface area contributed by atoms with Crippen molar-refractivity contribution in [3.63, 3.8) is 0 Å². The van der Waals surface area contributed by atoms with Crippen molar-refractivity contribution in [2.75, 3.05) is 0 Å². The second-order valence-corrected chi connectivity index (χ2v) is 17.5. The lowest BCUT2D eigenvalue weighted by atomic mass is 9.75. The summed E-state index contributed by atoms with van der Waals surface area (Å²) in [6.07, 6.45) is -25.7. The summed E-state index contributed by atoms with van der Waals surface area (Å²) >= 11 is 0. The van der Waals surface area contributed by atoms with Crippen molar-refractivity contribution in [3.05, 3.63) is 118 Å². The van der Waals surface area contributed by atoms with Crippen LogP contribution in [-0.4, -0.2) is 85.7 Å². The first-order valence-corrected chi connectivity index (χ1v) is 21.0. The van der Waals surface area contributed by atoms with Gasteiger partial charge in [0.25, 0.3) is 20.2 Å². The maximum Gasteiger partial charge on any atom is 0.573 e. The van der Waals surface area contributed by atoms with Gasteiger partial charge in [-0.25, -0.2) is 9.98 Å². The third-order valence-corrected chi connectivity index (χ3v) is 13.3. The van der Waals surface area contributed by atoms with Crippen LogP contribution in [0.3, 0.4) is 0 Å². The van der Waals surface area contributed by atoms with E-state index in [2.05, 4.69) is 29.7 Å². The summed E-state index contributed by atoms with van der Waals surface area (Å²) in [6, 6.07) is 10.7. The number of nitrogens with zero attached hydrogens (tertiary/aromatic N) is 4. The number of amides is 2. The van der Waals surface area contributed by atoms with Gasteiger partial charge in [-0.05, 0) is 34.4 Å². The largest absolute Gasteiger partial charge is 0.573 e. The van der Waals surface area contributed by atoms with E-state index in [1.165, 1.54) is 0 Å². The number of halogens is 12. The first kappa shape index (κ1) is 50.5. The Balaban J connectivity index is 1.65. The summed E-state index contributed by atoms with van der Waals surface area (Å²) in [6.45, 7) is 0. The van der Waals surface area contributed by atoms with Gasteiger partial charge in [0.1, 0.15) is 11.5 Å². The van der Waals surface area contributed by atoms with Gasteiger partial charge in [-0.1, -0.05) is 72.8 Å². The summed E-state index contributed by atoms with van der Waals surface area (Å²) in [5.41, 5.74) is -10.7. The molecule has 2 aliphatic carbocycles. The van der Waals surface area contributed by atoms with Crippen LogP contribution < -0.4 is 21.2 Å². The van der Waals surface area contributed by atoms with Gasteiger partial charge < -0.3 is 21.2 Å². The van der Waals surface area contributed by atoms with Crippen molar-refractivity contribution in [3.8, 4) is 22.6 Å². The lowest BCUT2D eigenvalue weighted by Gasteiger charge is -2.38. The Hall–Kier alpha value is -6.92. The predicted octanol–water partition coefficient (Wildman–Crippen LogP) is 6.61. The summed E-state index contributed by atoms with van der Waals surface area (Å²) in [7, 11) is -11.8. The molecule has 2 atom stereocenters. The maximum atomic E-state index is 14.2. The molecule has 68 heavy (non-hydrogen) atoms. The number of rotatable bonds is 7. The van der Waals surface area contributed by atoms with Crippen LogP contribution in [0, 0.1) is 0 Å². The summed E-state index contributed by atoms with van der Waals surface area (Å²) in [5.74, 6) is 2.10. The number of nitrogens with two attached hydrogens (primary N) is 2. The first-order chi connectivity index (χ1) is 31.2. The summed E-state index contributed by atoms with van der Waals surface area (Å²) < 4.78 is 243. The van der Waals surface area contributed by atoms with Crippen molar-refractivity contribution in [1.29, 1.82) is 0 Å².